The minimum atomic E-state index is -0.361. The molecule has 96 valence electrons. The van der Waals surface area contributed by atoms with Gasteiger partial charge in [0, 0.05) is 18.9 Å². The summed E-state index contributed by atoms with van der Waals surface area (Å²) in [6.07, 6.45) is 6.75. The fourth-order valence-electron chi connectivity index (χ4n) is 2.39. The highest BCUT2D eigenvalue weighted by molar-refractivity contribution is 5.14. The number of ether oxygens (including phenoxy) is 1. The lowest BCUT2D eigenvalue weighted by atomic mass is 10.0. The van der Waals surface area contributed by atoms with Gasteiger partial charge >= 0.3 is 0 Å². The van der Waals surface area contributed by atoms with Gasteiger partial charge in [-0.2, -0.15) is 0 Å². The average Bonchev–Trinajstić information content (AvgIpc) is 2.87. The van der Waals surface area contributed by atoms with Crippen LogP contribution in [-0.2, 0) is 11.3 Å². The summed E-state index contributed by atoms with van der Waals surface area (Å²) in [4.78, 5) is 0. The summed E-state index contributed by atoms with van der Waals surface area (Å²) in [5.41, 5.74) is 1.01. The first kappa shape index (κ1) is 12.7. The number of aliphatic hydroxyl groups excluding tert-OH is 1. The highest BCUT2D eigenvalue weighted by atomic mass is 16.5. The van der Waals surface area contributed by atoms with Gasteiger partial charge in [0.05, 0.1) is 18.3 Å². The summed E-state index contributed by atoms with van der Waals surface area (Å²) in [7, 11) is 0. The molecule has 0 aliphatic carbocycles. The lowest BCUT2D eigenvalue weighted by molar-refractivity contribution is 0.0457. The first-order chi connectivity index (χ1) is 8.06. The molecule has 1 aliphatic rings. The maximum atomic E-state index is 9.97. The van der Waals surface area contributed by atoms with E-state index in [-0.39, 0.29) is 12.0 Å². The number of aliphatic hydroxyl groups is 1. The van der Waals surface area contributed by atoms with Crippen LogP contribution in [0.4, 0.5) is 0 Å². The molecular weight excluding hydrogens is 214 g/mol. The van der Waals surface area contributed by atoms with Gasteiger partial charge in [-0.1, -0.05) is 13.8 Å². The van der Waals surface area contributed by atoms with Gasteiger partial charge < -0.3 is 14.4 Å². The van der Waals surface area contributed by atoms with Crippen molar-refractivity contribution in [3.8, 4) is 0 Å². The van der Waals surface area contributed by atoms with E-state index >= 15 is 0 Å². The van der Waals surface area contributed by atoms with Crippen molar-refractivity contribution in [1.29, 1.82) is 0 Å². The van der Waals surface area contributed by atoms with E-state index in [2.05, 4.69) is 11.5 Å². The Morgan fingerprint density at radius 1 is 1.47 bits per heavy atom. The second-order valence-corrected chi connectivity index (χ2v) is 5.48. The fourth-order valence-corrected chi connectivity index (χ4v) is 2.39. The molecule has 1 aromatic heterocycles. The minimum absolute atomic E-state index is 0.258. The molecule has 1 N–H and O–H groups in total. The Morgan fingerprint density at radius 3 is 2.82 bits per heavy atom. The highest BCUT2D eigenvalue weighted by Crippen LogP contribution is 2.24. The maximum absolute atomic E-state index is 9.97. The maximum Gasteiger partial charge on any atom is 0.0827 e. The SMILES string of the molecule is CC1CCC(Cn2ccc(C(O)C(C)C)c2)O1. The van der Waals surface area contributed by atoms with E-state index in [1.807, 2.05) is 32.3 Å². The molecule has 3 heteroatoms. The van der Waals surface area contributed by atoms with Gasteiger partial charge in [-0.15, -0.1) is 0 Å². The minimum Gasteiger partial charge on any atom is -0.388 e. The number of hydrogen-bond acceptors (Lipinski definition) is 2. The Balaban J connectivity index is 1.94. The van der Waals surface area contributed by atoms with Gasteiger partial charge in [0.15, 0.2) is 0 Å². The molecule has 1 aliphatic heterocycles. The van der Waals surface area contributed by atoms with Crippen LogP contribution in [0.1, 0.15) is 45.3 Å². The molecule has 3 atom stereocenters. The molecule has 0 bridgehead atoms. The van der Waals surface area contributed by atoms with Crippen LogP contribution >= 0.6 is 0 Å². The Hall–Kier alpha value is -0.800. The van der Waals surface area contributed by atoms with Gasteiger partial charge in [-0.3, -0.25) is 0 Å². The van der Waals surface area contributed by atoms with Crippen molar-refractivity contribution in [3.63, 3.8) is 0 Å². The van der Waals surface area contributed by atoms with Crippen molar-refractivity contribution in [3.05, 3.63) is 24.0 Å². The van der Waals surface area contributed by atoms with Crippen molar-refractivity contribution < 1.29 is 9.84 Å². The van der Waals surface area contributed by atoms with Crippen LogP contribution in [-0.4, -0.2) is 21.9 Å². The standard InChI is InChI=1S/C14H23NO2/c1-10(2)14(16)12-6-7-15(8-12)9-13-5-4-11(3)17-13/h6-8,10-11,13-14,16H,4-5,9H2,1-3H3. The van der Waals surface area contributed by atoms with Crippen molar-refractivity contribution in [1.82, 2.24) is 4.57 Å². The molecule has 1 saturated heterocycles. The molecule has 1 aromatic rings. The highest BCUT2D eigenvalue weighted by Gasteiger charge is 2.22. The van der Waals surface area contributed by atoms with Crippen LogP contribution in [0.3, 0.4) is 0 Å². The van der Waals surface area contributed by atoms with E-state index in [1.165, 1.54) is 0 Å². The Bertz CT molecular complexity index is 359. The van der Waals surface area contributed by atoms with Crippen LogP contribution in [0.5, 0.6) is 0 Å². The first-order valence-electron chi connectivity index (χ1n) is 6.55. The van der Waals surface area contributed by atoms with Crippen LogP contribution in [0.25, 0.3) is 0 Å². The summed E-state index contributed by atoms with van der Waals surface area (Å²) >= 11 is 0. The molecule has 2 rings (SSSR count). The lowest BCUT2D eigenvalue weighted by Crippen LogP contribution is -2.15. The van der Waals surface area contributed by atoms with E-state index in [0.29, 0.717) is 12.2 Å². The normalized spacial score (nSPS) is 26.6. The monoisotopic (exact) mass is 237 g/mol. The third kappa shape index (κ3) is 3.11. The third-order valence-corrected chi connectivity index (χ3v) is 3.48. The van der Waals surface area contributed by atoms with E-state index < -0.39 is 0 Å². The molecule has 1 fully saturated rings. The van der Waals surface area contributed by atoms with Gasteiger partial charge in [-0.05, 0) is 37.3 Å². The molecule has 0 radical (unpaired) electrons. The predicted octanol–water partition coefficient (Wildman–Crippen LogP) is 2.75. The summed E-state index contributed by atoms with van der Waals surface area (Å²) in [6.45, 7) is 7.09. The van der Waals surface area contributed by atoms with Crippen molar-refractivity contribution >= 4 is 0 Å². The largest absolute Gasteiger partial charge is 0.388 e. The van der Waals surface area contributed by atoms with Crippen molar-refractivity contribution in [2.45, 2.75) is 58.5 Å². The Kier molecular flexibility index (Phi) is 3.89. The summed E-state index contributed by atoms with van der Waals surface area (Å²) < 4.78 is 7.93. The molecule has 0 aromatic carbocycles. The molecule has 3 unspecified atom stereocenters. The van der Waals surface area contributed by atoms with Gasteiger partial charge in [0.25, 0.3) is 0 Å². The van der Waals surface area contributed by atoms with E-state index in [4.69, 9.17) is 4.74 Å². The topological polar surface area (TPSA) is 34.4 Å². The van der Waals surface area contributed by atoms with E-state index in [1.54, 1.807) is 0 Å². The van der Waals surface area contributed by atoms with Crippen LogP contribution in [0.15, 0.2) is 18.5 Å². The number of aromatic nitrogens is 1. The fraction of sp³-hybridized carbons (Fsp3) is 0.714. The van der Waals surface area contributed by atoms with Crippen LogP contribution < -0.4 is 0 Å². The molecule has 3 nitrogen and oxygen atoms in total. The number of nitrogens with zero attached hydrogens (tertiary/aromatic N) is 1. The zero-order valence-electron chi connectivity index (χ0n) is 11.0. The average molecular weight is 237 g/mol. The number of hydrogen-bond donors (Lipinski definition) is 1. The molecule has 0 amide bonds. The van der Waals surface area contributed by atoms with Crippen LogP contribution in [0.2, 0.25) is 0 Å². The first-order valence-corrected chi connectivity index (χ1v) is 6.55. The summed E-state index contributed by atoms with van der Waals surface area (Å²) in [5, 5.41) is 9.97. The molecule has 0 spiro atoms. The second-order valence-electron chi connectivity index (χ2n) is 5.48. The Morgan fingerprint density at radius 2 is 2.24 bits per heavy atom. The lowest BCUT2D eigenvalue weighted by Gasteiger charge is -2.13. The summed E-state index contributed by atoms with van der Waals surface area (Å²) in [5.74, 6) is 0.258. The zero-order chi connectivity index (χ0) is 12.4. The van der Waals surface area contributed by atoms with Gasteiger partial charge in [0.2, 0.25) is 0 Å². The van der Waals surface area contributed by atoms with Gasteiger partial charge in [-0.25, -0.2) is 0 Å². The van der Waals surface area contributed by atoms with Crippen LogP contribution in [0, 0.1) is 5.92 Å². The van der Waals surface area contributed by atoms with Crippen molar-refractivity contribution in [2.24, 2.45) is 5.92 Å². The Labute approximate surface area is 103 Å². The molecule has 0 saturated carbocycles. The van der Waals surface area contributed by atoms with E-state index in [0.717, 1.165) is 24.9 Å². The van der Waals surface area contributed by atoms with Crippen molar-refractivity contribution in [2.75, 3.05) is 0 Å². The predicted molar refractivity (Wildman–Crippen MR) is 67.8 cm³/mol. The molecular formula is C14H23NO2. The smallest absolute Gasteiger partial charge is 0.0827 e. The van der Waals surface area contributed by atoms with Gasteiger partial charge in [0.1, 0.15) is 0 Å². The molecule has 2 heterocycles. The third-order valence-electron chi connectivity index (χ3n) is 3.48. The second kappa shape index (κ2) is 5.23. The molecule has 17 heavy (non-hydrogen) atoms. The quantitative estimate of drug-likeness (QED) is 0.873. The van der Waals surface area contributed by atoms with E-state index in [9.17, 15) is 5.11 Å². The summed E-state index contributed by atoms with van der Waals surface area (Å²) in [6, 6.07) is 2.00. The zero-order valence-corrected chi connectivity index (χ0v) is 11.0. The number of rotatable bonds is 4.